The molecule has 0 fully saturated rings. The van der Waals surface area contributed by atoms with E-state index in [9.17, 15) is 4.89 Å². The monoisotopic (exact) mass is 286 g/mol. The molecule has 1 N–H and O–H groups in total. The van der Waals surface area contributed by atoms with Gasteiger partial charge in [-0.1, -0.05) is 39.5 Å². The maximum atomic E-state index is 9.34. The maximum absolute atomic E-state index is 9.34. The van der Waals surface area contributed by atoms with Gasteiger partial charge in [0.1, 0.15) is 0 Å². The van der Waals surface area contributed by atoms with E-state index in [0.717, 1.165) is 24.3 Å². The maximum Gasteiger partial charge on any atom is 0.354 e. The molecular formula is C10H23O3PS2. The van der Waals surface area contributed by atoms with E-state index in [1.165, 1.54) is 49.8 Å². The summed E-state index contributed by atoms with van der Waals surface area (Å²) < 4.78 is 10.2. The van der Waals surface area contributed by atoms with Crippen molar-refractivity contribution < 1.29 is 12.8 Å². The Kier molecular flexibility index (Phi) is 15.0. The van der Waals surface area contributed by atoms with Crippen LogP contribution in [-0.4, -0.2) is 16.4 Å². The Labute approximate surface area is 109 Å². The van der Waals surface area contributed by atoms with Crippen molar-refractivity contribution in [2.45, 2.75) is 52.4 Å². The van der Waals surface area contributed by atoms with Gasteiger partial charge in [0, 0.05) is 35.6 Å². The lowest BCUT2D eigenvalue weighted by atomic mass is 10.3. The standard InChI is InChI=1S/C10H23O3PS2/c1-3-5-7-9-15-12-14(11)13-16-10-8-6-4-2/h11H,3-10H2,1-2H3. The zero-order chi connectivity index (χ0) is 12.1. The Bertz CT molecular complexity index is 127. The lowest BCUT2D eigenvalue weighted by Gasteiger charge is -2.07. The summed E-state index contributed by atoms with van der Waals surface area (Å²) in [6.07, 6.45) is 7.11. The predicted molar refractivity (Wildman–Crippen MR) is 75.3 cm³/mol. The van der Waals surface area contributed by atoms with Crippen molar-refractivity contribution >= 4 is 32.7 Å². The highest BCUT2D eigenvalue weighted by molar-refractivity contribution is 8.00. The van der Waals surface area contributed by atoms with Crippen LogP contribution in [0.5, 0.6) is 0 Å². The van der Waals surface area contributed by atoms with Crippen LogP contribution in [0.3, 0.4) is 0 Å². The Balaban J connectivity index is 3.09. The van der Waals surface area contributed by atoms with Crippen molar-refractivity contribution in [3.8, 4) is 0 Å². The van der Waals surface area contributed by atoms with E-state index in [2.05, 4.69) is 13.8 Å². The first-order valence-corrected chi connectivity index (χ1v) is 8.84. The molecule has 0 bridgehead atoms. The Morgan fingerprint density at radius 3 is 1.69 bits per heavy atom. The van der Waals surface area contributed by atoms with Crippen molar-refractivity contribution in [1.82, 2.24) is 0 Å². The second-order valence-electron chi connectivity index (χ2n) is 3.45. The van der Waals surface area contributed by atoms with Crippen LogP contribution in [-0.2, 0) is 7.94 Å². The van der Waals surface area contributed by atoms with E-state index < -0.39 is 8.60 Å². The summed E-state index contributed by atoms with van der Waals surface area (Å²) in [5.74, 6) is 1.86. The molecule has 0 aromatic carbocycles. The smallest absolute Gasteiger partial charge is 0.327 e. The van der Waals surface area contributed by atoms with Crippen LogP contribution in [0.1, 0.15) is 52.4 Å². The summed E-state index contributed by atoms with van der Waals surface area (Å²) in [6.45, 7) is 4.33. The normalized spacial score (nSPS) is 11.2. The summed E-state index contributed by atoms with van der Waals surface area (Å²) in [6, 6.07) is 0. The van der Waals surface area contributed by atoms with Crippen molar-refractivity contribution in [1.29, 1.82) is 0 Å². The van der Waals surface area contributed by atoms with E-state index in [-0.39, 0.29) is 0 Å². The molecule has 0 amide bonds. The van der Waals surface area contributed by atoms with Crippen LogP contribution in [0.2, 0.25) is 0 Å². The minimum Gasteiger partial charge on any atom is -0.327 e. The molecule has 0 aromatic rings. The lowest BCUT2D eigenvalue weighted by Crippen LogP contribution is -1.84. The van der Waals surface area contributed by atoms with Crippen molar-refractivity contribution in [2.75, 3.05) is 11.5 Å². The average molecular weight is 286 g/mol. The first-order valence-electron chi connectivity index (χ1n) is 5.89. The average Bonchev–Trinajstić information content (AvgIpc) is 2.28. The first kappa shape index (κ1) is 17.0. The minimum absolute atomic E-state index is 0.928. The van der Waals surface area contributed by atoms with E-state index in [4.69, 9.17) is 7.94 Å². The summed E-state index contributed by atoms with van der Waals surface area (Å²) in [7, 11) is -1.70. The van der Waals surface area contributed by atoms with Crippen LogP contribution in [0.4, 0.5) is 0 Å². The highest BCUT2D eigenvalue weighted by Gasteiger charge is 2.07. The SMILES string of the molecule is CCCCCSOP(O)OSCCCCC. The quantitative estimate of drug-likeness (QED) is 0.313. The van der Waals surface area contributed by atoms with Gasteiger partial charge in [-0.2, -0.15) is 0 Å². The molecule has 0 aromatic heterocycles. The second-order valence-corrected chi connectivity index (χ2v) is 6.40. The molecule has 0 radical (unpaired) electrons. The largest absolute Gasteiger partial charge is 0.354 e. The van der Waals surface area contributed by atoms with Gasteiger partial charge in [0.05, 0.1) is 0 Å². The Morgan fingerprint density at radius 1 is 0.875 bits per heavy atom. The van der Waals surface area contributed by atoms with E-state index in [1.54, 1.807) is 0 Å². The first-order chi connectivity index (χ1) is 7.81. The van der Waals surface area contributed by atoms with Gasteiger partial charge >= 0.3 is 8.60 Å². The van der Waals surface area contributed by atoms with E-state index in [1.807, 2.05) is 0 Å². The summed E-state index contributed by atoms with van der Waals surface area (Å²) in [4.78, 5) is 9.34. The van der Waals surface area contributed by atoms with Crippen LogP contribution in [0.25, 0.3) is 0 Å². The van der Waals surface area contributed by atoms with Crippen LogP contribution in [0.15, 0.2) is 0 Å². The van der Waals surface area contributed by atoms with Crippen LogP contribution >= 0.6 is 32.7 Å². The fourth-order valence-corrected chi connectivity index (χ4v) is 3.28. The summed E-state index contributed by atoms with van der Waals surface area (Å²) in [5.41, 5.74) is 0. The molecule has 0 aliphatic carbocycles. The Hall–Kier alpha value is 1.01. The van der Waals surface area contributed by atoms with Gasteiger partial charge in [-0.25, -0.2) is 7.94 Å². The van der Waals surface area contributed by atoms with Gasteiger partial charge in [0.25, 0.3) is 0 Å². The molecule has 3 nitrogen and oxygen atoms in total. The van der Waals surface area contributed by atoms with Crippen LogP contribution < -0.4 is 0 Å². The molecule has 0 rings (SSSR count). The third-order valence-corrected chi connectivity index (χ3v) is 4.67. The third-order valence-electron chi connectivity index (χ3n) is 1.90. The zero-order valence-corrected chi connectivity index (χ0v) is 12.7. The molecule has 0 atom stereocenters. The number of unbranched alkanes of at least 4 members (excludes halogenated alkanes) is 4. The highest BCUT2D eigenvalue weighted by atomic mass is 32.2. The molecule has 6 heteroatoms. The van der Waals surface area contributed by atoms with E-state index >= 15 is 0 Å². The fraction of sp³-hybridized carbons (Fsp3) is 1.00. The molecule has 0 saturated heterocycles. The summed E-state index contributed by atoms with van der Waals surface area (Å²) >= 11 is 2.62. The van der Waals surface area contributed by atoms with Crippen molar-refractivity contribution in [3.63, 3.8) is 0 Å². The molecule has 0 spiro atoms. The fourth-order valence-electron chi connectivity index (χ4n) is 0.999. The third kappa shape index (κ3) is 13.1. The molecule has 16 heavy (non-hydrogen) atoms. The molecule has 0 aliphatic heterocycles. The number of rotatable bonds is 12. The molecule has 0 heterocycles. The van der Waals surface area contributed by atoms with Gasteiger partial charge in [-0.15, -0.1) is 0 Å². The Morgan fingerprint density at radius 2 is 1.31 bits per heavy atom. The van der Waals surface area contributed by atoms with Gasteiger partial charge < -0.3 is 4.89 Å². The van der Waals surface area contributed by atoms with Gasteiger partial charge in [-0.05, 0) is 12.8 Å². The van der Waals surface area contributed by atoms with Gasteiger partial charge in [0.15, 0.2) is 0 Å². The van der Waals surface area contributed by atoms with E-state index in [0.29, 0.717) is 0 Å². The van der Waals surface area contributed by atoms with Gasteiger partial charge in [0.2, 0.25) is 0 Å². The molecule has 98 valence electrons. The van der Waals surface area contributed by atoms with Crippen molar-refractivity contribution in [2.24, 2.45) is 0 Å². The van der Waals surface area contributed by atoms with Crippen LogP contribution in [0, 0.1) is 0 Å². The molecular weight excluding hydrogens is 263 g/mol. The van der Waals surface area contributed by atoms with Gasteiger partial charge in [-0.3, -0.25) is 0 Å². The summed E-state index contributed by atoms with van der Waals surface area (Å²) in [5, 5.41) is 0. The second kappa shape index (κ2) is 14.1. The molecule has 0 saturated carbocycles. The highest BCUT2D eigenvalue weighted by Crippen LogP contribution is 2.42. The zero-order valence-electron chi connectivity index (χ0n) is 10.2. The molecule has 0 aliphatic rings. The number of hydrogen-bond donors (Lipinski definition) is 1. The number of hydrogen-bond acceptors (Lipinski definition) is 5. The van der Waals surface area contributed by atoms with Crippen molar-refractivity contribution in [3.05, 3.63) is 0 Å². The minimum atomic E-state index is -1.70. The topological polar surface area (TPSA) is 38.7 Å². The molecule has 0 unspecified atom stereocenters. The lowest BCUT2D eigenvalue weighted by molar-refractivity contribution is 0.430. The predicted octanol–water partition coefficient (Wildman–Crippen LogP) is 4.92.